The summed E-state index contributed by atoms with van der Waals surface area (Å²) in [5.41, 5.74) is 2.78. The van der Waals surface area contributed by atoms with Crippen LogP contribution in [0.2, 0.25) is 0 Å². The monoisotopic (exact) mass is 348 g/mol. The molecule has 0 radical (unpaired) electrons. The molecule has 3 aliphatic rings. The van der Waals surface area contributed by atoms with E-state index in [0.717, 1.165) is 37.7 Å². The molecule has 0 aliphatic heterocycles. The summed E-state index contributed by atoms with van der Waals surface area (Å²) in [6, 6.07) is 0. The molecule has 2 N–H and O–H groups in total. The molecule has 25 heavy (non-hydrogen) atoms. The molecule has 0 bridgehead atoms. The van der Waals surface area contributed by atoms with Gasteiger partial charge in [-0.25, -0.2) is 0 Å². The van der Waals surface area contributed by atoms with Crippen molar-refractivity contribution in [3.63, 3.8) is 0 Å². The molecule has 140 valence electrons. The van der Waals surface area contributed by atoms with Crippen molar-refractivity contribution in [2.75, 3.05) is 13.7 Å². The summed E-state index contributed by atoms with van der Waals surface area (Å²) in [6.45, 7) is 6.56. The van der Waals surface area contributed by atoms with E-state index in [1.165, 1.54) is 18.3 Å². The number of aliphatic hydroxyl groups is 2. The largest absolute Gasteiger partial charge is 0.468 e. The highest BCUT2D eigenvalue weighted by molar-refractivity contribution is 5.82. The maximum absolute atomic E-state index is 12.8. The van der Waals surface area contributed by atoms with Crippen LogP contribution in [0.4, 0.5) is 0 Å². The lowest BCUT2D eigenvalue weighted by Gasteiger charge is -2.51. The summed E-state index contributed by atoms with van der Waals surface area (Å²) in [7, 11) is 1.49. The second-order valence-corrected chi connectivity index (χ2v) is 8.70. The lowest BCUT2D eigenvalue weighted by molar-refractivity contribution is -0.154. The highest BCUT2D eigenvalue weighted by Gasteiger charge is 2.59. The van der Waals surface area contributed by atoms with Crippen LogP contribution in [0.3, 0.4) is 0 Å². The third kappa shape index (κ3) is 2.69. The zero-order chi connectivity index (χ0) is 18.4. The van der Waals surface area contributed by atoms with Crippen molar-refractivity contribution >= 4 is 5.97 Å². The van der Waals surface area contributed by atoms with Crippen LogP contribution >= 0.6 is 0 Å². The first kappa shape index (κ1) is 18.7. The quantitative estimate of drug-likeness (QED) is 0.606. The molecular weight excluding hydrogens is 316 g/mol. The number of carbonyl (C=O) groups excluding carboxylic acids is 1. The summed E-state index contributed by atoms with van der Waals surface area (Å²) in [5.74, 6) is 0.426. The van der Waals surface area contributed by atoms with Gasteiger partial charge in [-0.3, -0.25) is 4.79 Å². The lowest BCUT2D eigenvalue weighted by atomic mass is 9.53. The number of rotatable bonds is 3. The molecule has 0 unspecified atom stereocenters. The Bertz CT molecular complexity index is 617. The number of carbonyl (C=O) groups is 1. The van der Waals surface area contributed by atoms with Gasteiger partial charge in [0.2, 0.25) is 0 Å². The van der Waals surface area contributed by atoms with E-state index >= 15 is 0 Å². The van der Waals surface area contributed by atoms with Crippen LogP contribution in [0, 0.1) is 22.7 Å². The normalized spacial score (nSPS) is 38.1. The summed E-state index contributed by atoms with van der Waals surface area (Å²) in [4.78, 5) is 12.8. The first-order chi connectivity index (χ1) is 11.8. The molecule has 0 heterocycles. The molecule has 3 rings (SSSR count). The highest BCUT2D eigenvalue weighted by atomic mass is 16.5. The van der Waals surface area contributed by atoms with Gasteiger partial charge in [-0.05, 0) is 61.5 Å². The minimum absolute atomic E-state index is 0.00189. The average Bonchev–Trinajstić information content (AvgIpc) is 2.94. The molecule has 4 heteroatoms. The standard InChI is InChI=1S/C21H32O4/c1-13(2)15-7-8-21(19(24)25-4)10-9-20(3)16(18(15)21)6-5-14(12-22)11-17(20)23/h5,13,16-17,22-23H,6-12H2,1-4H3/t16-,17+,20-,21+/m1/s1. The highest BCUT2D eigenvalue weighted by Crippen LogP contribution is 2.63. The molecule has 0 amide bonds. The number of hydrogen-bond donors (Lipinski definition) is 2. The van der Waals surface area contributed by atoms with Gasteiger partial charge in [0, 0.05) is 5.41 Å². The van der Waals surface area contributed by atoms with E-state index in [9.17, 15) is 15.0 Å². The Morgan fingerprint density at radius 2 is 2.08 bits per heavy atom. The van der Waals surface area contributed by atoms with Gasteiger partial charge in [0.05, 0.1) is 25.2 Å². The van der Waals surface area contributed by atoms with Crippen LogP contribution < -0.4 is 0 Å². The number of ether oxygens (including phenoxy) is 1. The summed E-state index contributed by atoms with van der Waals surface area (Å²) in [5, 5.41) is 20.6. The van der Waals surface area contributed by atoms with Gasteiger partial charge >= 0.3 is 5.97 Å². The first-order valence-electron chi connectivity index (χ1n) is 9.59. The molecule has 0 aromatic heterocycles. The molecule has 4 atom stereocenters. The smallest absolute Gasteiger partial charge is 0.315 e. The van der Waals surface area contributed by atoms with E-state index in [0.29, 0.717) is 12.3 Å². The number of fused-ring (bicyclic) bond motifs is 3. The Hall–Kier alpha value is -1.13. The first-order valence-corrected chi connectivity index (χ1v) is 9.59. The average molecular weight is 348 g/mol. The van der Waals surface area contributed by atoms with Gasteiger partial charge in [0.15, 0.2) is 0 Å². The van der Waals surface area contributed by atoms with Gasteiger partial charge in [0.25, 0.3) is 0 Å². The molecule has 0 aromatic rings. The minimum Gasteiger partial charge on any atom is -0.468 e. The van der Waals surface area contributed by atoms with E-state index in [4.69, 9.17) is 4.74 Å². The number of allylic oxidation sites excluding steroid dienone is 2. The molecule has 0 spiro atoms. The fourth-order valence-electron chi connectivity index (χ4n) is 5.60. The molecule has 1 saturated carbocycles. The molecule has 4 nitrogen and oxygen atoms in total. The Morgan fingerprint density at radius 3 is 2.68 bits per heavy atom. The van der Waals surface area contributed by atoms with E-state index < -0.39 is 11.5 Å². The third-order valence-corrected chi connectivity index (χ3v) is 7.25. The zero-order valence-electron chi connectivity index (χ0n) is 16.0. The summed E-state index contributed by atoms with van der Waals surface area (Å²) in [6.07, 6.45) is 6.26. The summed E-state index contributed by atoms with van der Waals surface area (Å²) < 4.78 is 5.24. The second-order valence-electron chi connectivity index (χ2n) is 8.70. The van der Waals surface area contributed by atoms with Crippen LogP contribution in [-0.2, 0) is 9.53 Å². The van der Waals surface area contributed by atoms with Gasteiger partial charge in [0.1, 0.15) is 0 Å². The number of aliphatic hydroxyl groups excluding tert-OH is 2. The summed E-state index contributed by atoms with van der Waals surface area (Å²) >= 11 is 0. The Morgan fingerprint density at radius 1 is 1.36 bits per heavy atom. The second kappa shape index (κ2) is 6.55. The van der Waals surface area contributed by atoms with Gasteiger partial charge in [-0.1, -0.05) is 32.4 Å². The SMILES string of the molecule is COC(=O)[C@]12CCC(C(C)C)=C1[C@H]1CC=C(CO)C[C@H](O)[C@]1(C)CC2. The number of hydrogen-bond acceptors (Lipinski definition) is 4. The van der Waals surface area contributed by atoms with E-state index in [-0.39, 0.29) is 23.9 Å². The maximum Gasteiger partial charge on any atom is 0.315 e. The van der Waals surface area contributed by atoms with E-state index in [1.54, 1.807) is 0 Å². The van der Waals surface area contributed by atoms with Crippen LogP contribution in [-0.4, -0.2) is 36.0 Å². The van der Waals surface area contributed by atoms with Crippen LogP contribution in [0.15, 0.2) is 22.8 Å². The van der Waals surface area contributed by atoms with E-state index in [1.807, 2.05) is 0 Å². The fourth-order valence-corrected chi connectivity index (χ4v) is 5.60. The molecule has 0 aromatic carbocycles. The van der Waals surface area contributed by atoms with Crippen molar-refractivity contribution in [1.82, 2.24) is 0 Å². The predicted molar refractivity (Wildman–Crippen MR) is 96.8 cm³/mol. The lowest BCUT2D eigenvalue weighted by Crippen LogP contribution is -2.50. The molecular formula is C21H32O4. The molecule has 1 fully saturated rings. The van der Waals surface area contributed by atoms with Crippen molar-refractivity contribution in [3.8, 4) is 0 Å². The van der Waals surface area contributed by atoms with Crippen molar-refractivity contribution in [3.05, 3.63) is 22.8 Å². The Balaban J connectivity index is 2.15. The van der Waals surface area contributed by atoms with Crippen molar-refractivity contribution in [2.24, 2.45) is 22.7 Å². The van der Waals surface area contributed by atoms with Crippen molar-refractivity contribution < 1.29 is 19.7 Å². The minimum atomic E-state index is -0.504. The third-order valence-electron chi connectivity index (χ3n) is 7.25. The van der Waals surface area contributed by atoms with E-state index in [2.05, 4.69) is 26.8 Å². The number of methoxy groups -OCH3 is 1. The fraction of sp³-hybridized carbons (Fsp3) is 0.762. The van der Waals surface area contributed by atoms with Crippen LogP contribution in [0.5, 0.6) is 0 Å². The predicted octanol–water partition coefficient (Wildman–Crippen LogP) is 3.38. The van der Waals surface area contributed by atoms with Crippen LogP contribution in [0.1, 0.15) is 59.3 Å². The number of esters is 1. The van der Waals surface area contributed by atoms with Crippen LogP contribution in [0.25, 0.3) is 0 Å². The Labute approximate surface area is 151 Å². The molecule has 3 aliphatic carbocycles. The Kier molecular flexibility index (Phi) is 4.89. The molecule has 0 saturated heterocycles. The topological polar surface area (TPSA) is 66.8 Å². The van der Waals surface area contributed by atoms with Gasteiger partial charge < -0.3 is 14.9 Å². The van der Waals surface area contributed by atoms with Gasteiger partial charge in [-0.15, -0.1) is 0 Å². The maximum atomic E-state index is 12.8. The van der Waals surface area contributed by atoms with Gasteiger partial charge in [-0.2, -0.15) is 0 Å². The van der Waals surface area contributed by atoms with Crippen molar-refractivity contribution in [1.29, 1.82) is 0 Å². The zero-order valence-corrected chi connectivity index (χ0v) is 16.0. The van der Waals surface area contributed by atoms with Crippen molar-refractivity contribution in [2.45, 2.75) is 65.4 Å².